The molecule has 94 valence electrons. The lowest BCUT2D eigenvalue weighted by molar-refractivity contribution is 0.0416. The highest BCUT2D eigenvalue weighted by Gasteiger charge is 2.33. The summed E-state index contributed by atoms with van der Waals surface area (Å²) in [5.74, 6) is 0. The van der Waals surface area contributed by atoms with Crippen molar-refractivity contribution in [3.05, 3.63) is 29.8 Å². The molecule has 1 aromatic rings. The topological polar surface area (TPSA) is 63.6 Å². The van der Waals surface area contributed by atoms with E-state index in [1.54, 1.807) is 31.2 Å². The molecule has 0 amide bonds. The molecule has 5 heteroatoms. The number of aliphatic hydroxyl groups excluding tert-OH is 1. The van der Waals surface area contributed by atoms with Gasteiger partial charge >= 0.3 is 0 Å². The first kappa shape index (κ1) is 12.5. The molecule has 1 aliphatic rings. The van der Waals surface area contributed by atoms with Gasteiger partial charge in [0.1, 0.15) is 5.25 Å². The predicted molar refractivity (Wildman–Crippen MR) is 63.6 cm³/mol. The normalized spacial score (nSPS) is 18.7. The number of rotatable bonds is 4. The van der Waals surface area contributed by atoms with Crippen LogP contribution in [-0.4, -0.2) is 38.1 Å². The third-order valence-corrected chi connectivity index (χ3v) is 4.91. The predicted octanol–water partition coefficient (Wildman–Crippen LogP) is 0.782. The van der Waals surface area contributed by atoms with Gasteiger partial charge in [0.25, 0.3) is 0 Å². The number of aliphatic hydroxyl groups is 1. The zero-order valence-electron chi connectivity index (χ0n) is 9.67. The van der Waals surface area contributed by atoms with Crippen LogP contribution in [0.4, 0.5) is 0 Å². The Morgan fingerprint density at radius 3 is 2.35 bits per heavy atom. The van der Waals surface area contributed by atoms with E-state index in [1.165, 1.54) is 0 Å². The molecule has 0 radical (unpaired) electrons. The molecule has 0 aromatic heterocycles. The third kappa shape index (κ3) is 2.68. The summed E-state index contributed by atoms with van der Waals surface area (Å²) in [6, 6.07) is 6.70. The molecule has 17 heavy (non-hydrogen) atoms. The van der Waals surface area contributed by atoms with Crippen LogP contribution in [-0.2, 0) is 21.0 Å². The summed E-state index contributed by atoms with van der Waals surface area (Å²) in [5, 5.41) is 8.84. The van der Waals surface area contributed by atoms with Gasteiger partial charge in [-0.15, -0.1) is 0 Å². The average molecular weight is 256 g/mol. The molecule has 1 atom stereocenters. The Morgan fingerprint density at radius 2 is 1.94 bits per heavy atom. The van der Waals surface area contributed by atoms with Gasteiger partial charge in [-0.1, -0.05) is 12.1 Å². The van der Waals surface area contributed by atoms with Gasteiger partial charge in [-0.3, -0.25) is 0 Å². The van der Waals surface area contributed by atoms with Gasteiger partial charge < -0.3 is 9.84 Å². The second kappa shape index (κ2) is 4.76. The Hall–Kier alpha value is -0.910. The maximum atomic E-state index is 12.0. The zero-order valence-corrected chi connectivity index (χ0v) is 10.5. The smallest absolute Gasteiger partial charge is 0.185 e. The maximum absolute atomic E-state index is 12.0. The van der Waals surface area contributed by atoms with Crippen LogP contribution in [0.15, 0.2) is 29.2 Å². The SMILES string of the molecule is CC(O)Cc1ccc(S(=O)(=O)C2COC2)cc1. The Balaban J connectivity index is 2.17. The lowest BCUT2D eigenvalue weighted by Crippen LogP contribution is -2.40. The summed E-state index contributed by atoms with van der Waals surface area (Å²) in [6.07, 6.45) is 0.116. The summed E-state index contributed by atoms with van der Waals surface area (Å²) >= 11 is 0. The van der Waals surface area contributed by atoms with Gasteiger partial charge in [0, 0.05) is 0 Å². The van der Waals surface area contributed by atoms with Crippen molar-refractivity contribution < 1.29 is 18.3 Å². The molecular formula is C12H16O4S. The summed E-state index contributed by atoms with van der Waals surface area (Å²) in [7, 11) is -3.23. The molecule has 4 nitrogen and oxygen atoms in total. The van der Waals surface area contributed by atoms with Crippen LogP contribution in [0.2, 0.25) is 0 Å². The highest BCUT2D eigenvalue weighted by Crippen LogP contribution is 2.22. The largest absolute Gasteiger partial charge is 0.393 e. The van der Waals surface area contributed by atoms with Crippen molar-refractivity contribution in [2.45, 2.75) is 29.6 Å². The van der Waals surface area contributed by atoms with E-state index < -0.39 is 21.2 Å². The maximum Gasteiger partial charge on any atom is 0.185 e. The number of hydrogen-bond acceptors (Lipinski definition) is 4. The summed E-state index contributed by atoms with van der Waals surface area (Å²) in [4.78, 5) is 0.333. The molecule has 1 saturated heterocycles. The molecule has 0 aliphatic carbocycles. The molecule has 1 fully saturated rings. The van der Waals surface area contributed by atoms with Crippen LogP contribution in [0.25, 0.3) is 0 Å². The van der Waals surface area contributed by atoms with Crippen molar-refractivity contribution in [3.8, 4) is 0 Å². The van der Waals surface area contributed by atoms with Gasteiger partial charge in [-0.05, 0) is 31.0 Å². The lowest BCUT2D eigenvalue weighted by atomic mass is 10.1. The average Bonchev–Trinajstić information content (AvgIpc) is 2.13. The third-order valence-electron chi connectivity index (χ3n) is 2.83. The van der Waals surface area contributed by atoms with Crippen LogP contribution < -0.4 is 0 Å². The fraction of sp³-hybridized carbons (Fsp3) is 0.500. The fourth-order valence-corrected chi connectivity index (χ4v) is 3.19. The highest BCUT2D eigenvalue weighted by atomic mass is 32.2. The summed E-state index contributed by atoms with van der Waals surface area (Å²) in [5.41, 5.74) is 0.934. The van der Waals surface area contributed by atoms with Gasteiger partial charge in [-0.25, -0.2) is 8.42 Å². The standard InChI is InChI=1S/C12H16O4S/c1-9(13)6-10-2-4-11(5-3-10)17(14,15)12-7-16-8-12/h2-5,9,12-13H,6-8H2,1H3. The van der Waals surface area contributed by atoms with Gasteiger partial charge in [0.2, 0.25) is 0 Å². The van der Waals surface area contributed by atoms with Crippen molar-refractivity contribution in [1.29, 1.82) is 0 Å². The minimum atomic E-state index is -3.23. The van der Waals surface area contributed by atoms with Gasteiger partial charge in [0.05, 0.1) is 24.2 Å². The van der Waals surface area contributed by atoms with Crippen molar-refractivity contribution in [2.24, 2.45) is 0 Å². The molecule has 2 rings (SSSR count). The first-order chi connectivity index (χ1) is 8.00. The Morgan fingerprint density at radius 1 is 1.35 bits per heavy atom. The summed E-state index contributed by atoms with van der Waals surface area (Å²) in [6.45, 7) is 2.28. The van der Waals surface area contributed by atoms with Crippen LogP contribution in [0.1, 0.15) is 12.5 Å². The minimum Gasteiger partial charge on any atom is -0.393 e. The van der Waals surface area contributed by atoms with E-state index in [2.05, 4.69) is 0 Å². The molecule has 1 unspecified atom stereocenters. The van der Waals surface area contributed by atoms with Crippen molar-refractivity contribution >= 4 is 9.84 Å². The van der Waals surface area contributed by atoms with Crippen LogP contribution in [0.3, 0.4) is 0 Å². The Kier molecular flexibility index (Phi) is 3.51. The van der Waals surface area contributed by atoms with E-state index in [-0.39, 0.29) is 13.2 Å². The van der Waals surface area contributed by atoms with Crippen LogP contribution >= 0.6 is 0 Å². The lowest BCUT2D eigenvalue weighted by Gasteiger charge is -2.25. The van der Waals surface area contributed by atoms with Crippen molar-refractivity contribution in [2.75, 3.05) is 13.2 Å². The van der Waals surface area contributed by atoms with E-state index in [9.17, 15) is 13.5 Å². The number of ether oxygens (including phenoxy) is 1. The highest BCUT2D eigenvalue weighted by molar-refractivity contribution is 7.92. The number of benzene rings is 1. The Labute approximate surface area is 101 Å². The second-order valence-electron chi connectivity index (χ2n) is 4.40. The van der Waals surface area contributed by atoms with E-state index in [0.717, 1.165) is 5.56 Å². The molecule has 0 spiro atoms. The van der Waals surface area contributed by atoms with E-state index in [4.69, 9.17) is 4.74 Å². The monoisotopic (exact) mass is 256 g/mol. The molecule has 0 saturated carbocycles. The summed E-state index contributed by atoms with van der Waals surface area (Å²) < 4.78 is 28.9. The molecule has 1 aliphatic heterocycles. The first-order valence-corrected chi connectivity index (χ1v) is 7.13. The fourth-order valence-electron chi connectivity index (χ4n) is 1.74. The molecule has 1 N–H and O–H groups in total. The van der Waals surface area contributed by atoms with Crippen LogP contribution in [0.5, 0.6) is 0 Å². The zero-order chi connectivity index (χ0) is 12.5. The quantitative estimate of drug-likeness (QED) is 0.864. The van der Waals surface area contributed by atoms with E-state index in [1.807, 2.05) is 0 Å². The number of sulfone groups is 1. The number of hydrogen-bond donors (Lipinski definition) is 1. The van der Waals surface area contributed by atoms with E-state index in [0.29, 0.717) is 11.3 Å². The van der Waals surface area contributed by atoms with Gasteiger partial charge in [-0.2, -0.15) is 0 Å². The minimum absolute atomic E-state index is 0.289. The Bertz CT molecular complexity index is 472. The first-order valence-electron chi connectivity index (χ1n) is 5.59. The van der Waals surface area contributed by atoms with Gasteiger partial charge in [0.15, 0.2) is 9.84 Å². The van der Waals surface area contributed by atoms with Crippen molar-refractivity contribution in [1.82, 2.24) is 0 Å². The second-order valence-corrected chi connectivity index (χ2v) is 6.63. The molecule has 1 heterocycles. The molecule has 1 aromatic carbocycles. The molecule has 0 bridgehead atoms. The van der Waals surface area contributed by atoms with E-state index >= 15 is 0 Å². The molecular weight excluding hydrogens is 240 g/mol. The van der Waals surface area contributed by atoms with Crippen LogP contribution in [0, 0.1) is 0 Å². The van der Waals surface area contributed by atoms with Crippen molar-refractivity contribution in [3.63, 3.8) is 0 Å².